The topological polar surface area (TPSA) is 103 Å². The zero-order valence-electron chi connectivity index (χ0n) is 13.2. The number of fused-ring (bicyclic) bond motifs is 1. The smallest absolute Gasteiger partial charge is 0.155 e. The van der Waals surface area contributed by atoms with E-state index in [0.29, 0.717) is 30.9 Å². The Labute approximate surface area is 149 Å². The molecule has 2 aromatic rings. The number of rotatable bonds is 3. The van der Waals surface area contributed by atoms with Gasteiger partial charge in [-0.2, -0.15) is 0 Å². The van der Waals surface area contributed by atoms with E-state index in [-0.39, 0.29) is 11.0 Å². The molecule has 2 fully saturated rings. The number of nitrogens with zero attached hydrogens (tertiary/aromatic N) is 3. The molecule has 1 atom stereocenters. The molecule has 0 aromatic carbocycles. The number of halogens is 1. The number of aromatic nitrogens is 3. The summed E-state index contributed by atoms with van der Waals surface area (Å²) in [7, 11) is -2.93. The SMILES string of the molecule is Nc1ncnc2c1c(Br)cn2C1CC(CC2CNCCS2(=O)=O)C1. The van der Waals surface area contributed by atoms with Gasteiger partial charge in [-0.25, -0.2) is 18.4 Å². The normalized spacial score (nSPS) is 29.5. The lowest BCUT2D eigenvalue weighted by Crippen LogP contribution is -2.45. The van der Waals surface area contributed by atoms with Crippen molar-refractivity contribution in [2.45, 2.75) is 30.6 Å². The third-order valence-electron chi connectivity index (χ3n) is 5.24. The Bertz CT molecular complexity index is 875. The Hall–Kier alpha value is -1.19. The van der Waals surface area contributed by atoms with Crippen molar-refractivity contribution in [1.82, 2.24) is 19.9 Å². The van der Waals surface area contributed by atoms with Gasteiger partial charge in [-0.05, 0) is 41.1 Å². The van der Waals surface area contributed by atoms with Gasteiger partial charge in [-0.15, -0.1) is 0 Å². The van der Waals surface area contributed by atoms with Crippen LogP contribution < -0.4 is 11.1 Å². The van der Waals surface area contributed by atoms with E-state index in [2.05, 4.69) is 35.8 Å². The molecule has 130 valence electrons. The van der Waals surface area contributed by atoms with E-state index in [9.17, 15) is 8.42 Å². The molecule has 4 rings (SSSR count). The van der Waals surface area contributed by atoms with E-state index in [1.807, 2.05) is 6.20 Å². The maximum absolute atomic E-state index is 12.1. The summed E-state index contributed by atoms with van der Waals surface area (Å²) in [5, 5.41) is 3.81. The summed E-state index contributed by atoms with van der Waals surface area (Å²) < 4.78 is 27.3. The number of hydrogen-bond donors (Lipinski definition) is 2. The van der Waals surface area contributed by atoms with Crippen LogP contribution in [0.25, 0.3) is 11.0 Å². The fraction of sp³-hybridized carbons (Fsp3) is 0.600. The molecular formula is C15H20BrN5O2S. The molecule has 1 aliphatic heterocycles. The fourth-order valence-corrected chi connectivity index (χ4v) is 6.13. The zero-order valence-corrected chi connectivity index (χ0v) is 15.6. The molecule has 24 heavy (non-hydrogen) atoms. The second-order valence-corrected chi connectivity index (χ2v) is 10.0. The molecule has 1 saturated carbocycles. The van der Waals surface area contributed by atoms with Crippen LogP contribution in [0.3, 0.4) is 0 Å². The predicted molar refractivity (Wildman–Crippen MR) is 96.5 cm³/mol. The third kappa shape index (κ3) is 2.72. The molecule has 0 amide bonds. The van der Waals surface area contributed by atoms with Gasteiger partial charge < -0.3 is 15.6 Å². The van der Waals surface area contributed by atoms with E-state index in [1.54, 1.807) is 0 Å². The fourth-order valence-electron chi connectivity index (χ4n) is 3.83. The first-order valence-electron chi connectivity index (χ1n) is 8.14. The lowest BCUT2D eigenvalue weighted by atomic mass is 9.77. The molecular weight excluding hydrogens is 394 g/mol. The van der Waals surface area contributed by atoms with Crippen LogP contribution in [-0.2, 0) is 9.84 Å². The van der Waals surface area contributed by atoms with Gasteiger partial charge in [0.15, 0.2) is 9.84 Å². The summed E-state index contributed by atoms with van der Waals surface area (Å²) in [6, 6.07) is 0.345. The first-order valence-corrected chi connectivity index (χ1v) is 10.7. The Kier molecular flexibility index (Phi) is 4.04. The Morgan fingerprint density at radius 1 is 1.38 bits per heavy atom. The van der Waals surface area contributed by atoms with Crippen molar-refractivity contribution >= 4 is 42.6 Å². The van der Waals surface area contributed by atoms with Crippen molar-refractivity contribution in [2.24, 2.45) is 5.92 Å². The first kappa shape index (κ1) is 16.3. The zero-order chi connectivity index (χ0) is 16.9. The Balaban J connectivity index is 1.48. The average Bonchev–Trinajstić information content (AvgIpc) is 2.82. The van der Waals surface area contributed by atoms with Crippen LogP contribution in [0.2, 0.25) is 0 Å². The van der Waals surface area contributed by atoms with E-state index in [0.717, 1.165) is 34.8 Å². The molecule has 0 radical (unpaired) electrons. The van der Waals surface area contributed by atoms with Gasteiger partial charge in [-0.3, -0.25) is 0 Å². The van der Waals surface area contributed by atoms with E-state index >= 15 is 0 Å². The van der Waals surface area contributed by atoms with Crippen molar-refractivity contribution in [3.8, 4) is 0 Å². The van der Waals surface area contributed by atoms with Crippen molar-refractivity contribution in [2.75, 3.05) is 24.6 Å². The summed E-state index contributed by atoms with van der Waals surface area (Å²) in [5.74, 6) is 1.19. The van der Waals surface area contributed by atoms with Gasteiger partial charge in [0, 0.05) is 29.8 Å². The highest BCUT2D eigenvalue weighted by atomic mass is 79.9. The van der Waals surface area contributed by atoms with Crippen molar-refractivity contribution in [3.05, 3.63) is 17.0 Å². The Morgan fingerprint density at radius 2 is 2.17 bits per heavy atom. The number of sulfone groups is 1. The number of anilines is 1. The number of nitrogen functional groups attached to an aromatic ring is 1. The lowest BCUT2D eigenvalue weighted by Gasteiger charge is -2.39. The number of hydrogen-bond acceptors (Lipinski definition) is 6. The average molecular weight is 414 g/mol. The van der Waals surface area contributed by atoms with Crippen molar-refractivity contribution in [1.29, 1.82) is 0 Å². The van der Waals surface area contributed by atoms with Gasteiger partial charge >= 0.3 is 0 Å². The van der Waals surface area contributed by atoms with Crippen LogP contribution in [0.4, 0.5) is 5.82 Å². The van der Waals surface area contributed by atoms with Gasteiger partial charge in [0.2, 0.25) is 0 Å². The molecule has 2 aromatic heterocycles. The second-order valence-electron chi connectivity index (χ2n) is 6.76. The molecule has 1 aliphatic carbocycles. The summed E-state index contributed by atoms with van der Waals surface area (Å²) in [6.07, 6.45) is 6.20. The monoisotopic (exact) mass is 413 g/mol. The molecule has 2 aliphatic rings. The summed E-state index contributed by atoms with van der Waals surface area (Å²) in [5.41, 5.74) is 6.78. The maximum atomic E-state index is 12.1. The van der Waals surface area contributed by atoms with Crippen molar-refractivity contribution < 1.29 is 8.42 Å². The summed E-state index contributed by atoms with van der Waals surface area (Å²) in [6.45, 7) is 1.17. The highest BCUT2D eigenvalue weighted by Gasteiger charge is 2.37. The van der Waals surface area contributed by atoms with Gasteiger partial charge in [0.25, 0.3) is 0 Å². The van der Waals surface area contributed by atoms with Crippen LogP contribution in [0.15, 0.2) is 17.0 Å². The van der Waals surface area contributed by atoms with E-state index in [1.165, 1.54) is 6.33 Å². The highest BCUT2D eigenvalue weighted by Crippen LogP contribution is 2.44. The summed E-state index contributed by atoms with van der Waals surface area (Å²) >= 11 is 3.53. The minimum absolute atomic E-state index is 0.233. The van der Waals surface area contributed by atoms with Crippen molar-refractivity contribution in [3.63, 3.8) is 0 Å². The van der Waals surface area contributed by atoms with Gasteiger partial charge in [-0.1, -0.05) is 0 Å². The van der Waals surface area contributed by atoms with E-state index in [4.69, 9.17) is 5.73 Å². The van der Waals surface area contributed by atoms with Crippen LogP contribution in [0, 0.1) is 5.92 Å². The quantitative estimate of drug-likeness (QED) is 0.789. The second kappa shape index (κ2) is 5.96. The molecule has 1 unspecified atom stereocenters. The van der Waals surface area contributed by atoms with Crippen LogP contribution in [0.5, 0.6) is 0 Å². The van der Waals surface area contributed by atoms with Crippen LogP contribution in [0.1, 0.15) is 25.3 Å². The molecule has 3 N–H and O–H groups in total. The minimum Gasteiger partial charge on any atom is -0.383 e. The van der Waals surface area contributed by atoms with Crippen LogP contribution in [-0.4, -0.2) is 47.0 Å². The maximum Gasteiger partial charge on any atom is 0.155 e. The molecule has 0 bridgehead atoms. The first-order chi connectivity index (χ1) is 11.5. The lowest BCUT2D eigenvalue weighted by molar-refractivity contribution is 0.187. The largest absolute Gasteiger partial charge is 0.383 e. The molecule has 3 heterocycles. The highest BCUT2D eigenvalue weighted by molar-refractivity contribution is 9.10. The predicted octanol–water partition coefficient (Wildman–Crippen LogP) is 1.50. The molecule has 0 spiro atoms. The number of nitrogens with one attached hydrogen (secondary N) is 1. The van der Waals surface area contributed by atoms with E-state index < -0.39 is 9.84 Å². The van der Waals surface area contributed by atoms with Crippen LogP contribution >= 0.6 is 15.9 Å². The molecule has 9 heteroatoms. The summed E-state index contributed by atoms with van der Waals surface area (Å²) in [4.78, 5) is 8.41. The molecule has 7 nitrogen and oxygen atoms in total. The Morgan fingerprint density at radius 3 is 2.92 bits per heavy atom. The number of nitrogens with two attached hydrogens (primary N) is 1. The third-order valence-corrected chi connectivity index (χ3v) is 7.99. The minimum atomic E-state index is -2.93. The standard InChI is InChI=1S/C15H20BrN5O2S/c16-12-7-21(15-13(12)14(17)19-8-20-15)10-3-9(4-10)5-11-6-18-1-2-24(11,22)23/h7-11,18H,1-6H2,(H2,17,19,20). The van der Waals surface area contributed by atoms with Gasteiger partial charge in [0.05, 0.1) is 16.4 Å². The van der Waals surface area contributed by atoms with Gasteiger partial charge in [0.1, 0.15) is 17.8 Å². The molecule has 1 saturated heterocycles.